The molecule has 0 atom stereocenters. The zero-order valence-electron chi connectivity index (χ0n) is 3.96. The second kappa shape index (κ2) is 10.2. The fourth-order valence-corrected chi connectivity index (χ4v) is 0. The number of carbonyl (C=O) groups is 1. The van der Waals surface area contributed by atoms with E-state index in [1.807, 2.05) is 0 Å². The van der Waals surface area contributed by atoms with Gasteiger partial charge in [0.2, 0.25) is 0 Å². The van der Waals surface area contributed by atoms with E-state index in [9.17, 15) is 4.79 Å². The Morgan fingerprint density at radius 1 is 1.71 bits per heavy atom. The average Bonchev–Trinajstić information content (AvgIpc) is 1.38. The van der Waals surface area contributed by atoms with Crippen LogP contribution in [0.15, 0.2) is 12.7 Å². The maximum absolute atomic E-state index is 9.75. The van der Waals surface area contributed by atoms with E-state index in [4.69, 9.17) is 0 Å². The van der Waals surface area contributed by atoms with Crippen molar-refractivity contribution >= 4 is 4.38 Å². The molecule has 0 unspecified atom stereocenters. The van der Waals surface area contributed by atoms with Gasteiger partial charge in [-0.15, -0.1) is 0 Å². The van der Waals surface area contributed by atoms with Crippen LogP contribution in [0.3, 0.4) is 0 Å². The van der Waals surface area contributed by atoms with Crippen LogP contribution in [-0.2, 0) is 59.6 Å². The quantitative estimate of drug-likeness (QED) is 0.475. The van der Waals surface area contributed by atoms with Gasteiger partial charge in [-0.2, -0.15) is 0 Å². The summed E-state index contributed by atoms with van der Waals surface area (Å²) < 4.78 is 0.144. The van der Waals surface area contributed by atoms with Crippen LogP contribution in [0.5, 0.6) is 0 Å². The van der Waals surface area contributed by atoms with Crippen LogP contribution in [0.1, 0.15) is 0 Å². The van der Waals surface area contributed by atoms with E-state index in [0.29, 0.717) is 18.3 Å². The summed E-state index contributed by atoms with van der Waals surface area (Å²) in [6.45, 7) is 3.24. The topological polar surface area (TPSA) is 17.1 Å². The summed E-state index contributed by atoms with van der Waals surface area (Å²) in [5.74, 6) is 0. The first-order valence-electron chi connectivity index (χ1n) is 1.25. The van der Waals surface area contributed by atoms with Crippen LogP contribution in [0.25, 0.3) is 0 Å². The minimum absolute atomic E-state index is 0. The van der Waals surface area contributed by atoms with Gasteiger partial charge in [-0.3, -0.25) is 0 Å². The van der Waals surface area contributed by atoms with Crippen LogP contribution >= 0.6 is 0 Å². The Hall–Kier alpha value is 1.18. The Labute approximate surface area is 76.2 Å². The third kappa shape index (κ3) is 19.1. The van der Waals surface area contributed by atoms with Crippen molar-refractivity contribution in [3.05, 3.63) is 12.7 Å². The molecule has 33 valence electrons. The molecule has 4 heteroatoms. The summed E-state index contributed by atoms with van der Waals surface area (Å²) in [5, 5.41) is 0. The second-order valence-corrected chi connectivity index (χ2v) is 2.13. The van der Waals surface area contributed by atoms with Gasteiger partial charge in [0.25, 0.3) is 0 Å². The summed E-state index contributed by atoms with van der Waals surface area (Å²) in [6.07, 6.45) is 1.33. The molecule has 0 rings (SSSR count). The van der Waals surface area contributed by atoms with Crippen LogP contribution < -0.4 is 0 Å². The van der Waals surface area contributed by atoms with Crippen molar-refractivity contribution in [3.63, 3.8) is 0 Å². The van der Waals surface area contributed by atoms with Crippen molar-refractivity contribution in [1.82, 2.24) is 0 Å². The molecule has 1 nitrogen and oxygen atoms in total. The predicted octanol–water partition coefficient (Wildman–Crippen LogP) is 0.241. The number of hydrogen-bond donors (Lipinski definition) is 0. The van der Waals surface area contributed by atoms with E-state index in [1.165, 1.54) is 6.08 Å². The molecular formula is C3H3FeOZn2. The van der Waals surface area contributed by atoms with Crippen molar-refractivity contribution in [2.45, 2.75) is 0 Å². The van der Waals surface area contributed by atoms with Gasteiger partial charge in [0, 0.05) is 36.5 Å². The van der Waals surface area contributed by atoms with Crippen LogP contribution in [0, 0.1) is 0 Å². The molecule has 0 fully saturated rings. The van der Waals surface area contributed by atoms with Gasteiger partial charge in [-0.25, -0.2) is 0 Å². The molecule has 0 aromatic carbocycles. The first-order valence-corrected chi connectivity index (χ1v) is 2.74. The van der Waals surface area contributed by atoms with Crippen LogP contribution in [0.4, 0.5) is 0 Å². The van der Waals surface area contributed by atoms with Gasteiger partial charge < -0.3 is 0 Å². The van der Waals surface area contributed by atoms with Gasteiger partial charge in [0.1, 0.15) is 0 Å². The standard InChI is InChI=1S/C3H3O.Fe.2Zn/c1-2-3-4;;;/h2H,1H2;;;. The molecule has 7 heavy (non-hydrogen) atoms. The number of allylic oxidation sites excluding steroid dienone is 1. The maximum atomic E-state index is 9.75. The average molecular weight is 242 g/mol. The molecule has 0 aromatic rings. The summed E-state index contributed by atoms with van der Waals surface area (Å²) in [5.41, 5.74) is 0. The minimum Gasteiger partial charge on any atom is 0 e. The molecule has 0 aliphatic carbocycles. The molecule has 0 saturated carbocycles. The smallest absolute Gasteiger partial charge is 0 e. The Morgan fingerprint density at radius 3 is 1.86 bits per heavy atom. The molecule has 0 heterocycles. The first-order chi connectivity index (χ1) is 2.27. The first kappa shape index (κ1) is 15.7. The maximum Gasteiger partial charge on any atom is 0 e. The zero-order chi connectivity index (χ0) is 4.28. The molecule has 0 radical (unpaired) electrons. The number of carbonyl (C=O) groups excluding carboxylic acids is 1. The monoisotopic (exact) mass is 239 g/mol. The van der Waals surface area contributed by atoms with Crippen molar-refractivity contribution in [2.75, 3.05) is 0 Å². The number of rotatable bonds is 1. The summed E-state index contributed by atoms with van der Waals surface area (Å²) in [7, 11) is 0. The van der Waals surface area contributed by atoms with Gasteiger partial charge in [0.15, 0.2) is 0 Å². The van der Waals surface area contributed by atoms with E-state index in [-0.39, 0.29) is 40.9 Å². The van der Waals surface area contributed by atoms with E-state index in [1.54, 1.807) is 0 Å². The Balaban J connectivity index is -0.0000000800. The summed E-state index contributed by atoms with van der Waals surface area (Å²) in [6, 6.07) is 0. The Morgan fingerprint density at radius 2 is 1.86 bits per heavy atom. The number of hydrogen-bond acceptors (Lipinski definition) is 1. The molecule has 0 amide bonds. The van der Waals surface area contributed by atoms with Gasteiger partial charge in [-0.05, 0) is 0 Å². The molecule has 0 aromatic heterocycles. The van der Waals surface area contributed by atoms with Crippen LogP contribution in [0.2, 0.25) is 0 Å². The van der Waals surface area contributed by atoms with Crippen molar-refractivity contribution < 1.29 is 59.6 Å². The van der Waals surface area contributed by atoms with Crippen molar-refractivity contribution in [1.29, 1.82) is 0 Å². The van der Waals surface area contributed by atoms with Gasteiger partial charge >= 0.3 is 40.1 Å². The largest absolute Gasteiger partial charge is 0 e. The predicted molar refractivity (Wildman–Crippen MR) is 15.2 cm³/mol. The molecule has 0 aliphatic rings. The fraction of sp³-hybridized carbons (Fsp3) is 0. The fourth-order valence-electron chi connectivity index (χ4n) is 0. The summed E-state index contributed by atoms with van der Waals surface area (Å²) in [4.78, 5) is 9.75. The third-order valence-electron chi connectivity index (χ3n) is 0.228. The normalized spacial score (nSPS) is 4.86. The molecule has 0 bridgehead atoms. The Bertz CT molecular complexity index is 64.0. The van der Waals surface area contributed by atoms with E-state index >= 15 is 0 Å². The van der Waals surface area contributed by atoms with Crippen molar-refractivity contribution in [3.8, 4) is 0 Å². The molecular weight excluding hydrogens is 239 g/mol. The molecule has 0 saturated heterocycles. The summed E-state index contributed by atoms with van der Waals surface area (Å²) >= 11 is 0.698. The van der Waals surface area contributed by atoms with Crippen molar-refractivity contribution in [2.24, 2.45) is 0 Å². The van der Waals surface area contributed by atoms with Crippen LogP contribution in [-0.4, -0.2) is 4.38 Å². The third-order valence-corrected chi connectivity index (χ3v) is 0.833. The van der Waals surface area contributed by atoms with E-state index in [2.05, 4.69) is 6.58 Å². The minimum atomic E-state index is 0. The molecule has 0 aliphatic heterocycles. The molecule has 0 N–H and O–H groups in total. The SMILES string of the molecule is C=C[C](=O)[Zn].[Fe].[Zn]. The zero-order valence-corrected chi connectivity index (χ0v) is 11.0. The van der Waals surface area contributed by atoms with Gasteiger partial charge in [-0.1, -0.05) is 0 Å². The molecule has 0 spiro atoms. The van der Waals surface area contributed by atoms with E-state index in [0.717, 1.165) is 0 Å². The van der Waals surface area contributed by atoms with E-state index < -0.39 is 0 Å². The van der Waals surface area contributed by atoms with Gasteiger partial charge in [0.05, 0.1) is 0 Å². The Kier molecular flexibility index (Phi) is 22.9. The second-order valence-electron chi connectivity index (χ2n) is 0.670.